The van der Waals surface area contributed by atoms with E-state index in [9.17, 15) is 9.59 Å². The topological polar surface area (TPSA) is 70.1 Å². The Morgan fingerprint density at radius 3 is 2.50 bits per heavy atom. The van der Waals surface area contributed by atoms with E-state index in [-0.39, 0.29) is 24.4 Å². The number of nitrogens with zero attached hydrogens (tertiary/aromatic N) is 2. The lowest BCUT2D eigenvalue weighted by molar-refractivity contribution is -0.139. The van der Waals surface area contributed by atoms with Crippen LogP contribution in [0.4, 0.5) is 4.79 Å². The lowest BCUT2D eigenvalue weighted by Crippen LogP contribution is -2.56. The van der Waals surface area contributed by atoms with Crippen molar-refractivity contribution >= 4 is 12.0 Å². The lowest BCUT2D eigenvalue weighted by Gasteiger charge is -2.43. The number of likely N-dealkylation sites (tertiary alicyclic amines) is 1. The summed E-state index contributed by atoms with van der Waals surface area (Å²) in [4.78, 5) is 26.2. The maximum atomic E-state index is 12.1. The first-order chi connectivity index (χ1) is 8.58. The van der Waals surface area contributed by atoms with Gasteiger partial charge in [0, 0.05) is 45.3 Å². The van der Waals surface area contributed by atoms with Gasteiger partial charge in [-0.05, 0) is 12.8 Å². The molecule has 2 rings (SSSR count). The summed E-state index contributed by atoms with van der Waals surface area (Å²) in [5, 5.41) is 8.66. The maximum Gasteiger partial charge on any atom is 0.320 e. The molecule has 2 amide bonds. The number of ether oxygens (including phenoxy) is 1. The van der Waals surface area contributed by atoms with Gasteiger partial charge in [-0.25, -0.2) is 4.79 Å². The highest BCUT2D eigenvalue weighted by atomic mass is 16.5. The molecule has 2 aliphatic heterocycles. The number of carbonyl (C=O) groups is 2. The fourth-order valence-electron chi connectivity index (χ4n) is 2.55. The van der Waals surface area contributed by atoms with E-state index in [0.29, 0.717) is 26.3 Å². The average Bonchev–Trinajstić information content (AvgIpc) is 2.32. The van der Waals surface area contributed by atoms with Gasteiger partial charge in [0.1, 0.15) is 0 Å². The Hall–Kier alpha value is -1.30. The molecular formula is C12H20N2O4. The Bertz CT molecular complexity index is 322. The van der Waals surface area contributed by atoms with Gasteiger partial charge in [0.05, 0.1) is 6.42 Å². The molecule has 6 nitrogen and oxygen atoms in total. The van der Waals surface area contributed by atoms with Crippen LogP contribution in [0.2, 0.25) is 0 Å². The van der Waals surface area contributed by atoms with Crippen LogP contribution in [0.25, 0.3) is 0 Å². The minimum Gasteiger partial charge on any atom is -0.481 e. The van der Waals surface area contributed by atoms with Crippen molar-refractivity contribution in [1.29, 1.82) is 0 Å². The van der Waals surface area contributed by atoms with Crippen LogP contribution in [0.3, 0.4) is 0 Å². The molecule has 2 heterocycles. The first-order valence-corrected chi connectivity index (χ1v) is 6.39. The molecule has 0 aromatic heterocycles. The molecule has 0 radical (unpaired) electrons. The molecule has 0 aromatic rings. The third-order valence-electron chi connectivity index (χ3n) is 3.73. The van der Waals surface area contributed by atoms with Gasteiger partial charge in [0.2, 0.25) is 0 Å². The van der Waals surface area contributed by atoms with Gasteiger partial charge < -0.3 is 19.6 Å². The first-order valence-electron chi connectivity index (χ1n) is 6.39. The first kappa shape index (κ1) is 13.1. The molecule has 2 saturated heterocycles. The molecule has 2 fully saturated rings. The molecule has 0 saturated carbocycles. The quantitative estimate of drug-likeness (QED) is 0.803. The minimum atomic E-state index is -0.787. The van der Waals surface area contributed by atoms with Gasteiger partial charge in [-0.1, -0.05) is 0 Å². The number of amides is 2. The van der Waals surface area contributed by atoms with E-state index in [1.807, 2.05) is 7.05 Å². The van der Waals surface area contributed by atoms with Crippen LogP contribution in [0.5, 0.6) is 0 Å². The lowest BCUT2D eigenvalue weighted by atomic mass is 9.97. The Morgan fingerprint density at radius 1 is 1.33 bits per heavy atom. The Kier molecular flexibility index (Phi) is 4.06. The Balaban J connectivity index is 1.76. The fraction of sp³-hybridized carbons (Fsp3) is 0.833. The summed E-state index contributed by atoms with van der Waals surface area (Å²) in [5.41, 5.74) is 0. The van der Waals surface area contributed by atoms with Crippen molar-refractivity contribution < 1.29 is 19.4 Å². The molecule has 0 unspecified atom stereocenters. The number of aliphatic carboxylic acids is 1. The van der Waals surface area contributed by atoms with Gasteiger partial charge in [-0.3, -0.25) is 4.79 Å². The van der Waals surface area contributed by atoms with Crippen LogP contribution >= 0.6 is 0 Å². The summed E-state index contributed by atoms with van der Waals surface area (Å²) in [7, 11) is 1.82. The average molecular weight is 256 g/mol. The standard InChI is InChI=1S/C12H20N2O4/c1-13(10-2-4-18-5-3-10)12(17)14-7-9(8-14)6-11(15)16/h9-10H,2-8H2,1H3,(H,15,16). The summed E-state index contributed by atoms with van der Waals surface area (Å²) >= 11 is 0. The van der Waals surface area contributed by atoms with Crippen molar-refractivity contribution in [2.24, 2.45) is 5.92 Å². The van der Waals surface area contributed by atoms with Crippen LogP contribution < -0.4 is 0 Å². The van der Waals surface area contributed by atoms with Crippen LogP contribution in [0, 0.1) is 5.92 Å². The summed E-state index contributed by atoms with van der Waals surface area (Å²) < 4.78 is 5.27. The maximum absolute atomic E-state index is 12.1. The molecule has 6 heteroatoms. The van der Waals surface area contributed by atoms with Crippen molar-refractivity contribution in [3.05, 3.63) is 0 Å². The van der Waals surface area contributed by atoms with Crippen molar-refractivity contribution in [2.75, 3.05) is 33.4 Å². The van der Waals surface area contributed by atoms with Crippen LogP contribution in [0.1, 0.15) is 19.3 Å². The molecule has 0 aromatic carbocycles. The molecular weight excluding hydrogens is 236 g/mol. The van der Waals surface area contributed by atoms with E-state index in [0.717, 1.165) is 12.8 Å². The van der Waals surface area contributed by atoms with Crippen LogP contribution in [-0.2, 0) is 9.53 Å². The van der Waals surface area contributed by atoms with E-state index in [1.165, 1.54) is 0 Å². The molecule has 18 heavy (non-hydrogen) atoms. The summed E-state index contributed by atoms with van der Waals surface area (Å²) in [6.45, 7) is 2.56. The molecule has 0 atom stereocenters. The molecule has 0 aliphatic carbocycles. The van der Waals surface area contributed by atoms with Gasteiger partial charge in [0.15, 0.2) is 0 Å². The second-order valence-electron chi connectivity index (χ2n) is 5.11. The zero-order chi connectivity index (χ0) is 13.1. The second kappa shape index (κ2) is 5.56. The number of carbonyl (C=O) groups excluding carboxylic acids is 1. The van der Waals surface area contributed by atoms with E-state index in [4.69, 9.17) is 9.84 Å². The predicted octanol–water partition coefficient (Wildman–Crippen LogP) is 0.624. The van der Waals surface area contributed by atoms with Crippen LogP contribution in [-0.4, -0.2) is 66.3 Å². The van der Waals surface area contributed by atoms with E-state index < -0.39 is 5.97 Å². The fourth-order valence-corrected chi connectivity index (χ4v) is 2.55. The number of carboxylic acids is 1. The Morgan fingerprint density at radius 2 is 1.94 bits per heavy atom. The van der Waals surface area contributed by atoms with E-state index >= 15 is 0 Å². The van der Waals surface area contributed by atoms with Gasteiger partial charge in [-0.15, -0.1) is 0 Å². The van der Waals surface area contributed by atoms with Crippen LogP contribution in [0.15, 0.2) is 0 Å². The number of rotatable bonds is 3. The van der Waals surface area contributed by atoms with Crippen molar-refractivity contribution in [1.82, 2.24) is 9.80 Å². The van der Waals surface area contributed by atoms with Gasteiger partial charge in [-0.2, -0.15) is 0 Å². The van der Waals surface area contributed by atoms with Crippen molar-refractivity contribution in [2.45, 2.75) is 25.3 Å². The molecule has 1 N–H and O–H groups in total. The van der Waals surface area contributed by atoms with Gasteiger partial charge >= 0.3 is 12.0 Å². The number of carboxylic acid groups (broad SMARTS) is 1. The van der Waals surface area contributed by atoms with Gasteiger partial charge in [0.25, 0.3) is 0 Å². The summed E-state index contributed by atoms with van der Waals surface area (Å²) in [6.07, 6.45) is 1.92. The molecule has 102 valence electrons. The molecule has 0 bridgehead atoms. The number of urea groups is 1. The molecule has 2 aliphatic rings. The zero-order valence-electron chi connectivity index (χ0n) is 10.7. The predicted molar refractivity (Wildman–Crippen MR) is 64.3 cm³/mol. The van der Waals surface area contributed by atoms with Crippen molar-refractivity contribution in [3.63, 3.8) is 0 Å². The monoisotopic (exact) mass is 256 g/mol. The van der Waals surface area contributed by atoms with E-state index in [1.54, 1.807) is 9.80 Å². The highest BCUT2D eigenvalue weighted by molar-refractivity contribution is 5.76. The summed E-state index contributed by atoms with van der Waals surface area (Å²) in [5.74, 6) is -0.667. The third-order valence-corrected chi connectivity index (χ3v) is 3.73. The smallest absolute Gasteiger partial charge is 0.320 e. The Labute approximate surface area is 106 Å². The largest absolute Gasteiger partial charge is 0.481 e. The highest BCUT2D eigenvalue weighted by Gasteiger charge is 2.35. The minimum absolute atomic E-state index is 0.0172. The number of hydrogen-bond acceptors (Lipinski definition) is 3. The molecule has 0 spiro atoms. The third kappa shape index (κ3) is 2.93. The highest BCUT2D eigenvalue weighted by Crippen LogP contribution is 2.22. The zero-order valence-corrected chi connectivity index (χ0v) is 10.7. The summed E-state index contributed by atoms with van der Waals surface area (Å²) in [6, 6.07) is 0.272. The number of hydrogen-bond donors (Lipinski definition) is 1. The SMILES string of the molecule is CN(C(=O)N1CC(CC(=O)O)C1)C1CCOCC1. The second-order valence-corrected chi connectivity index (χ2v) is 5.11. The normalized spacial score (nSPS) is 21.5. The van der Waals surface area contributed by atoms with Crippen molar-refractivity contribution in [3.8, 4) is 0 Å². The van der Waals surface area contributed by atoms with E-state index in [2.05, 4.69) is 0 Å².